The standard InChI is InChI=1S/C22H24N4O10/c27-20(19-15(22(30)31)8-6-10-18(19)26(34)35)23-11-3-1-2-4-12-24-36-13-16-14(21(28)29)7-5-9-17(16)25(32)33/h5-10,24H,1-4,11-13H2,(H,23,27)(H,28,29)(H,30,31). The highest BCUT2D eigenvalue weighted by molar-refractivity contribution is 6.07. The van der Waals surface area contributed by atoms with Gasteiger partial charge in [0.05, 0.1) is 26.5 Å². The topological polar surface area (TPSA) is 211 Å². The van der Waals surface area contributed by atoms with Crippen molar-refractivity contribution in [2.75, 3.05) is 13.1 Å². The number of unbranched alkanes of at least 4 members (excludes halogenated alkanes) is 3. The number of amides is 1. The number of hydrogen-bond acceptors (Lipinski definition) is 9. The molecule has 0 aliphatic rings. The first-order valence-electron chi connectivity index (χ1n) is 10.8. The van der Waals surface area contributed by atoms with E-state index in [0.29, 0.717) is 32.2 Å². The number of carboxylic acid groups (broad SMARTS) is 2. The van der Waals surface area contributed by atoms with Gasteiger partial charge in [-0.15, -0.1) is 0 Å². The number of hydrogen-bond donors (Lipinski definition) is 4. The van der Waals surface area contributed by atoms with E-state index in [1.165, 1.54) is 24.3 Å². The largest absolute Gasteiger partial charge is 0.478 e. The average molecular weight is 504 g/mol. The zero-order valence-corrected chi connectivity index (χ0v) is 19.0. The summed E-state index contributed by atoms with van der Waals surface area (Å²) in [5.41, 5.74) is 0.461. The summed E-state index contributed by atoms with van der Waals surface area (Å²) in [4.78, 5) is 61.0. The predicted octanol–water partition coefficient (Wildman–Crippen LogP) is 2.91. The molecule has 0 atom stereocenters. The number of benzene rings is 2. The molecule has 4 N–H and O–H groups in total. The molecule has 0 heterocycles. The second-order valence-electron chi connectivity index (χ2n) is 7.48. The van der Waals surface area contributed by atoms with Crippen molar-refractivity contribution in [1.29, 1.82) is 0 Å². The Bertz CT molecular complexity index is 1090. The highest BCUT2D eigenvalue weighted by Gasteiger charge is 2.26. The number of rotatable bonds is 15. The summed E-state index contributed by atoms with van der Waals surface area (Å²) in [6.45, 7) is 0.256. The number of nitro groups is 2. The smallest absolute Gasteiger partial charge is 0.336 e. The fourth-order valence-electron chi connectivity index (χ4n) is 3.37. The molecule has 0 saturated heterocycles. The molecule has 2 rings (SSSR count). The van der Waals surface area contributed by atoms with Crippen LogP contribution in [0.4, 0.5) is 11.4 Å². The molecule has 2 aromatic carbocycles. The van der Waals surface area contributed by atoms with Crippen molar-refractivity contribution in [2.45, 2.75) is 32.3 Å². The van der Waals surface area contributed by atoms with E-state index in [4.69, 9.17) is 4.84 Å². The van der Waals surface area contributed by atoms with Crippen LogP contribution in [-0.2, 0) is 11.4 Å². The lowest BCUT2D eigenvalue weighted by Gasteiger charge is -2.09. The minimum Gasteiger partial charge on any atom is -0.478 e. The Hall–Kier alpha value is -4.43. The zero-order chi connectivity index (χ0) is 26.7. The third kappa shape index (κ3) is 7.54. The van der Waals surface area contributed by atoms with Crippen LogP contribution in [0.5, 0.6) is 0 Å². The highest BCUT2D eigenvalue weighted by Crippen LogP contribution is 2.24. The van der Waals surface area contributed by atoms with Gasteiger partial charge in [-0.1, -0.05) is 25.0 Å². The summed E-state index contributed by atoms with van der Waals surface area (Å²) in [6, 6.07) is 7.12. The van der Waals surface area contributed by atoms with Crippen molar-refractivity contribution < 1.29 is 39.3 Å². The highest BCUT2D eigenvalue weighted by atomic mass is 16.6. The first kappa shape index (κ1) is 27.8. The Balaban J connectivity index is 1.71. The van der Waals surface area contributed by atoms with Gasteiger partial charge in [-0.3, -0.25) is 29.9 Å². The van der Waals surface area contributed by atoms with E-state index < -0.39 is 44.5 Å². The Morgan fingerprint density at radius 3 is 1.94 bits per heavy atom. The van der Waals surface area contributed by atoms with E-state index in [-0.39, 0.29) is 30.0 Å². The Labute approximate surface area is 204 Å². The summed E-state index contributed by atoms with van der Waals surface area (Å²) in [7, 11) is 0. The quantitative estimate of drug-likeness (QED) is 0.157. The molecular weight excluding hydrogens is 480 g/mol. The summed E-state index contributed by atoms with van der Waals surface area (Å²) in [5.74, 6) is -3.59. The third-order valence-electron chi connectivity index (χ3n) is 5.08. The monoisotopic (exact) mass is 504 g/mol. The number of carbonyl (C=O) groups excluding carboxylic acids is 1. The lowest BCUT2D eigenvalue weighted by atomic mass is 10.0. The minimum atomic E-state index is -1.44. The Morgan fingerprint density at radius 1 is 0.806 bits per heavy atom. The molecular formula is C22H24N4O10. The summed E-state index contributed by atoms with van der Waals surface area (Å²) < 4.78 is 0. The maximum Gasteiger partial charge on any atom is 0.336 e. The van der Waals surface area contributed by atoms with Crippen molar-refractivity contribution in [2.24, 2.45) is 0 Å². The first-order valence-corrected chi connectivity index (χ1v) is 10.8. The van der Waals surface area contributed by atoms with E-state index in [1.807, 2.05) is 0 Å². The first-order chi connectivity index (χ1) is 17.1. The summed E-state index contributed by atoms with van der Waals surface area (Å²) >= 11 is 0. The maximum absolute atomic E-state index is 12.4. The molecule has 0 spiro atoms. The van der Waals surface area contributed by atoms with Gasteiger partial charge in [0.2, 0.25) is 0 Å². The van der Waals surface area contributed by atoms with Crippen molar-refractivity contribution >= 4 is 29.2 Å². The average Bonchev–Trinajstić information content (AvgIpc) is 2.83. The number of nitro benzene ring substituents is 2. The maximum atomic E-state index is 12.4. The molecule has 0 aliphatic carbocycles. The molecule has 0 radical (unpaired) electrons. The Kier molecular flexibility index (Phi) is 10.4. The molecule has 14 nitrogen and oxygen atoms in total. The fraction of sp³-hybridized carbons (Fsp3) is 0.318. The van der Waals surface area contributed by atoms with E-state index >= 15 is 0 Å². The van der Waals surface area contributed by atoms with Crippen molar-refractivity contribution in [3.8, 4) is 0 Å². The lowest BCUT2D eigenvalue weighted by molar-refractivity contribution is -0.386. The van der Waals surface area contributed by atoms with E-state index in [2.05, 4.69) is 10.8 Å². The fourth-order valence-corrected chi connectivity index (χ4v) is 3.37. The van der Waals surface area contributed by atoms with Gasteiger partial charge in [-0.2, -0.15) is 0 Å². The zero-order valence-electron chi connectivity index (χ0n) is 19.0. The van der Waals surface area contributed by atoms with Crippen molar-refractivity contribution in [3.63, 3.8) is 0 Å². The molecule has 0 fully saturated rings. The van der Waals surface area contributed by atoms with Crippen LogP contribution in [0.1, 0.15) is 62.3 Å². The molecule has 0 bridgehead atoms. The van der Waals surface area contributed by atoms with Crippen molar-refractivity contribution in [1.82, 2.24) is 10.8 Å². The minimum absolute atomic E-state index is 0.0528. The molecule has 0 aliphatic heterocycles. The number of hydroxylamine groups is 1. The Morgan fingerprint density at radius 2 is 1.36 bits per heavy atom. The normalized spacial score (nSPS) is 10.6. The van der Waals surface area contributed by atoms with E-state index in [0.717, 1.165) is 12.1 Å². The van der Waals surface area contributed by atoms with Crippen molar-refractivity contribution in [3.05, 3.63) is 78.9 Å². The van der Waals surface area contributed by atoms with Crippen LogP contribution in [-0.4, -0.2) is 51.0 Å². The predicted molar refractivity (Wildman–Crippen MR) is 124 cm³/mol. The molecule has 1 amide bonds. The summed E-state index contributed by atoms with van der Waals surface area (Å²) in [5, 5.41) is 43.2. The molecule has 192 valence electrons. The molecule has 0 unspecified atom stereocenters. The van der Waals surface area contributed by atoms with E-state index in [9.17, 15) is 44.8 Å². The van der Waals surface area contributed by atoms with Crippen LogP contribution >= 0.6 is 0 Å². The van der Waals surface area contributed by atoms with Crippen LogP contribution in [0.15, 0.2) is 36.4 Å². The van der Waals surface area contributed by atoms with Crippen LogP contribution in [0.25, 0.3) is 0 Å². The van der Waals surface area contributed by atoms with Gasteiger partial charge < -0.3 is 15.5 Å². The second-order valence-corrected chi connectivity index (χ2v) is 7.48. The van der Waals surface area contributed by atoms with Gasteiger partial charge >= 0.3 is 11.9 Å². The van der Waals surface area contributed by atoms with Gasteiger partial charge in [0.25, 0.3) is 17.3 Å². The number of nitrogens with zero attached hydrogens (tertiary/aromatic N) is 2. The van der Waals surface area contributed by atoms with Crippen LogP contribution in [0.3, 0.4) is 0 Å². The summed E-state index contributed by atoms with van der Waals surface area (Å²) in [6.07, 6.45) is 2.57. The third-order valence-corrected chi connectivity index (χ3v) is 5.08. The molecule has 36 heavy (non-hydrogen) atoms. The number of carbonyl (C=O) groups is 3. The van der Waals surface area contributed by atoms with Crippen LogP contribution in [0, 0.1) is 20.2 Å². The van der Waals surface area contributed by atoms with Crippen LogP contribution < -0.4 is 10.8 Å². The van der Waals surface area contributed by atoms with Gasteiger partial charge in [0.15, 0.2) is 0 Å². The molecule has 2 aromatic rings. The van der Waals surface area contributed by atoms with Gasteiger partial charge in [0.1, 0.15) is 12.2 Å². The van der Waals surface area contributed by atoms with Crippen LogP contribution in [0.2, 0.25) is 0 Å². The molecule has 0 aromatic heterocycles. The second kappa shape index (κ2) is 13.5. The van der Waals surface area contributed by atoms with Gasteiger partial charge in [-0.05, 0) is 25.0 Å². The van der Waals surface area contributed by atoms with Gasteiger partial charge in [0, 0.05) is 25.2 Å². The van der Waals surface area contributed by atoms with E-state index in [1.54, 1.807) is 0 Å². The number of aromatic carboxylic acids is 2. The van der Waals surface area contributed by atoms with Gasteiger partial charge in [-0.25, -0.2) is 15.1 Å². The SMILES string of the molecule is O=C(O)c1cccc([N+](=O)[O-])c1CONCCCCCCNC(=O)c1c(C(=O)O)cccc1[N+](=O)[O-]. The lowest BCUT2D eigenvalue weighted by Crippen LogP contribution is -2.27. The number of nitrogens with one attached hydrogen (secondary N) is 2. The number of carboxylic acids is 2. The molecule has 14 heteroatoms. The molecule has 0 saturated carbocycles.